The second-order valence-corrected chi connectivity index (χ2v) is 3.62. The van der Waals surface area contributed by atoms with E-state index in [0.29, 0.717) is 19.6 Å². The van der Waals surface area contributed by atoms with E-state index in [1.54, 1.807) is 0 Å². The van der Waals surface area contributed by atoms with Gasteiger partial charge in [-0.15, -0.1) is 0 Å². The molecule has 72 valence electrons. The van der Waals surface area contributed by atoms with Crippen molar-refractivity contribution in [1.29, 1.82) is 5.26 Å². The van der Waals surface area contributed by atoms with Gasteiger partial charge in [-0.3, -0.25) is 4.79 Å². The fraction of sp³-hybridized carbons (Fsp3) is 0.778. The van der Waals surface area contributed by atoms with E-state index in [4.69, 9.17) is 10.00 Å². The van der Waals surface area contributed by atoms with Gasteiger partial charge >= 0.3 is 0 Å². The van der Waals surface area contributed by atoms with Crippen molar-refractivity contribution in [2.24, 2.45) is 5.41 Å². The third-order valence-electron chi connectivity index (χ3n) is 2.26. The summed E-state index contributed by atoms with van der Waals surface area (Å²) < 4.78 is 4.96. The second-order valence-electron chi connectivity index (χ2n) is 3.62. The first-order valence-electron chi connectivity index (χ1n) is 4.40. The minimum atomic E-state index is -0.412. The van der Waals surface area contributed by atoms with Crippen molar-refractivity contribution in [3.63, 3.8) is 0 Å². The van der Waals surface area contributed by atoms with E-state index in [0.717, 1.165) is 0 Å². The molecular formula is C9H14N2O2. The van der Waals surface area contributed by atoms with E-state index in [-0.39, 0.29) is 11.9 Å². The summed E-state index contributed by atoms with van der Waals surface area (Å²) in [6, 6.07) is 1.66. The zero-order valence-electron chi connectivity index (χ0n) is 7.96. The lowest BCUT2D eigenvalue weighted by molar-refractivity contribution is -0.158. The van der Waals surface area contributed by atoms with Gasteiger partial charge in [0.25, 0.3) is 0 Å². The van der Waals surface area contributed by atoms with Crippen LogP contribution in [-0.4, -0.2) is 25.2 Å². The van der Waals surface area contributed by atoms with Crippen LogP contribution in [0.2, 0.25) is 0 Å². The summed E-state index contributed by atoms with van der Waals surface area (Å²) in [7, 11) is 0. The largest absolute Gasteiger partial charge is 0.379 e. The minimum Gasteiger partial charge on any atom is -0.379 e. The number of nitrogens with one attached hydrogen (secondary N) is 1. The van der Waals surface area contributed by atoms with E-state index in [1.807, 2.05) is 19.9 Å². The Morgan fingerprint density at radius 3 is 2.69 bits per heavy atom. The van der Waals surface area contributed by atoms with Crippen molar-refractivity contribution in [2.45, 2.75) is 26.3 Å². The Balaban J connectivity index is 2.45. The maximum Gasteiger partial charge on any atom is 0.231 e. The van der Waals surface area contributed by atoms with Crippen LogP contribution in [-0.2, 0) is 9.53 Å². The zero-order chi connectivity index (χ0) is 9.90. The van der Waals surface area contributed by atoms with Gasteiger partial charge in [0.1, 0.15) is 6.04 Å². The number of carbonyl (C=O) groups is 1. The summed E-state index contributed by atoms with van der Waals surface area (Å²) in [5, 5.41) is 11.3. The molecule has 0 radical (unpaired) electrons. The Bertz CT molecular complexity index is 240. The van der Waals surface area contributed by atoms with E-state index in [9.17, 15) is 4.79 Å². The Labute approximate surface area is 77.9 Å². The number of ether oxygens (including phenoxy) is 1. The molecule has 1 amide bonds. The van der Waals surface area contributed by atoms with Crippen molar-refractivity contribution >= 4 is 5.91 Å². The highest BCUT2D eigenvalue weighted by Crippen LogP contribution is 2.26. The number of nitriles is 1. The highest BCUT2D eigenvalue weighted by molar-refractivity contribution is 5.83. The lowest BCUT2D eigenvalue weighted by Gasteiger charge is -2.36. The average Bonchev–Trinajstić information content (AvgIpc) is 2.09. The molecule has 1 rings (SSSR count). The van der Waals surface area contributed by atoms with Crippen molar-refractivity contribution in [3.8, 4) is 6.07 Å². The van der Waals surface area contributed by atoms with Gasteiger partial charge in [-0.05, 0) is 13.3 Å². The molecule has 0 aromatic carbocycles. The van der Waals surface area contributed by atoms with Gasteiger partial charge < -0.3 is 10.1 Å². The fourth-order valence-electron chi connectivity index (χ4n) is 1.10. The SMILES string of the molecule is CC[C@H](C#N)NC(=O)C1(C)COC1. The van der Waals surface area contributed by atoms with Crippen LogP contribution >= 0.6 is 0 Å². The summed E-state index contributed by atoms with van der Waals surface area (Å²) >= 11 is 0. The number of rotatable bonds is 3. The highest BCUT2D eigenvalue weighted by Gasteiger charge is 2.41. The van der Waals surface area contributed by atoms with Gasteiger partial charge in [0, 0.05) is 0 Å². The van der Waals surface area contributed by atoms with Crippen LogP contribution < -0.4 is 5.32 Å². The zero-order valence-corrected chi connectivity index (χ0v) is 7.96. The normalized spacial score (nSPS) is 21.0. The summed E-state index contributed by atoms with van der Waals surface area (Å²) in [5.74, 6) is -0.0767. The molecule has 1 saturated heterocycles. The number of carbonyl (C=O) groups excluding carboxylic acids is 1. The molecule has 0 bridgehead atoms. The predicted molar refractivity (Wildman–Crippen MR) is 46.8 cm³/mol. The molecule has 1 fully saturated rings. The lowest BCUT2D eigenvalue weighted by atomic mass is 9.87. The summed E-state index contributed by atoms with van der Waals surface area (Å²) in [6.45, 7) is 4.63. The van der Waals surface area contributed by atoms with E-state index in [2.05, 4.69) is 5.32 Å². The Morgan fingerprint density at radius 2 is 2.38 bits per heavy atom. The number of hydrogen-bond acceptors (Lipinski definition) is 3. The van der Waals surface area contributed by atoms with Crippen LogP contribution in [0.5, 0.6) is 0 Å². The molecule has 4 heteroatoms. The molecule has 0 spiro atoms. The maximum atomic E-state index is 11.5. The first kappa shape index (κ1) is 10.0. The van der Waals surface area contributed by atoms with E-state index >= 15 is 0 Å². The molecule has 0 unspecified atom stereocenters. The molecule has 1 heterocycles. The molecule has 0 saturated carbocycles. The summed E-state index contributed by atoms with van der Waals surface area (Å²) in [4.78, 5) is 11.5. The molecule has 1 aliphatic heterocycles. The Kier molecular flexibility index (Phi) is 2.89. The summed E-state index contributed by atoms with van der Waals surface area (Å²) in [5.41, 5.74) is -0.412. The van der Waals surface area contributed by atoms with Crippen LogP contribution in [0.3, 0.4) is 0 Å². The smallest absolute Gasteiger partial charge is 0.231 e. The van der Waals surface area contributed by atoms with E-state index < -0.39 is 5.41 Å². The molecule has 0 aliphatic carbocycles. The molecule has 0 aromatic rings. The number of hydrogen-bond donors (Lipinski definition) is 1. The van der Waals surface area contributed by atoms with Gasteiger partial charge in [0.15, 0.2) is 0 Å². The monoisotopic (exact) mass is 182 g/mol. The predicted octanol–water partition coefficient (Wildman–Crippen LogP) is 0.441. The lowest BCUT2D eigenvalue weighted by Crippen LogP contribution is -2.53. The molecular weight excluding hydrogens is 168 g/mol. The van der Waals surface area contributed by atoms with Crippen molar-refractivity contribution in [3.05, 3.63) is 0 Å². The first-order valence-corrected chi connectivity index (χ1v) is 4.40. The standard InChI is InChI=1S/C9H14N2O2/c1-3-7(4-10)11-8(12)9(2)5-13-6-9/h7H,3,5-6H2,1-2H3,(H,11,12)/t7-/m1/s1. The van der Waals surface area contributed by atoms with Crippen molar-refractivity contribution in [2.75, 3.05) is 13.2 Å². The topological polar surface area (TPSA) is 62.1 Å². The molecule has 1 aliphatic rings. The third kappa shape index (κ3) is 1.99. The second kappa shape index (κ2) is 3.75. The third-order valence-corrected chi connectivity index (χ3v) is 2.26. The maximum absolute atomic E-state index is 11.5. The summed E-state index contributed by atoms with van der Waals surface area (Å²) in [6.07, 6.45) is 0.638. The van der Waals surface area contributed by atoms with Gasteiger partial charge in [-0.2, -0.15) is 5.26 Å². The highest BCUT2D eigenvalue weighted by atomic mass is 16.5. The van der Waals surface area contributed by atoms with Crippen LogP contribution in [0, 0.1) is 16.7 Å². The van der Waals surface area contributed by atoms with Crippen LogP contribution in [0.25, 0.3) is 0 Å². The van der Waals surface area contributed by atoms with Crippen LogP contribution in [0.1, 0.15) is 20.3 Å². The van der Waals surface area contributed by atoms with Crippen molar-refractivity contribution < 1.29 is 9.53 Å². The Hall–Kier alpha value is -1.08. The number of amides is 1. The van der Waals surface area contributed by atoms with Crippen LogP contribution in [0.4, 0.5) is 0 Å². The molecule has 13 heavy (non-hydrogen) atoms. The molecule has 1 N–H and O–H groups in total. The quantitative estimate of drug-likeness (QED) is 0.689. The van der Waals surface area contributed by atoms with Gasteiger partial charge in [-0.25, -0.2) is 0 Å². The first-order chi connectivity index (χ1) is 6.12. The van der Waals surface area contributed by atoms with Crippen molar-refractivity contribution in [1.82, 2.24) is 5.32 Å². The molecule has 0 aromatic heterocycles. The number of nitrogens with zero attached hydrogens (tertiary/aromatic N) is 1. The van der Waals surface area contributed by atoms with Gasteiger partial charge in [0.05, 0.1) is 24.7 Å². The van der Waals surface area contributed by atoms with Crippen LogP contribution in [0.15, 0.2) is 0 Å². The minimum absolute atomic E-state index is 0.0767. The Morgan fingerprint density at radius 1 is 1.77 bits per heavy atom. The fourth-order valence-corrected chi connectivity index (χ4v) is 1.10. The molecule has 1 atom stereocenters. The van der Waals surface area contributed by atoms with E-state index in [1.165, 1.54) is 0 Å². The molecule has 4 nitrogen and oxygen atoms in total. The van der Waals surface area contributed by atoms with Gasteiger partial charge in [-0.1, -0.05) is 6.92 Å². The average molecular weight is 182 g/mol. The van der Waals surface area contributed by atoms with Gasteiger partial charge in [0.2, 0.25) is 5.91 Å².